The molecule has 0 bridgehead atoms. The summed E-state index contributed by atoms with van der Waals surface area (Å²) in [6.07, 6.45) is 12.8. The molecule has 5 heteroatoms. The first-order valence-electron chi connectivity index (χ1n) is 12.8. The van der Waals surface area contributed by atoms with Crippen LogP contribution in [0.4, 0.5) is 0 Å². The van der Waals surface area contributed by atoms with E-state index in [1.807, 2.05) is 24.3 Å². The van der Waals surface area contributed by atoms with Crippen LogP contribution in [0.25, 0.3) is 0 Å². The van der Waals surface area contributed by atoms with Crippen molar-refractivity contribution in [2.45, 2.75) is 103 Å². The molecule has 0 saturated heterocycles. The van der Waals surface area contributed by atoms with Crippen LogP contribution in [-0.4, -0.2) is 26.0 Å². The zero-order valence-electron chi connectivity index (χ0n) is 20.2. The van der Waals surface area contributed by atoms with Gasteiger partial charge in [-0.25, -0.2) is 8.42 Å². The largest absolute Gasteiger partial charge is 0.310 e. The minimum Gasteiger partial charge on any atom is -0.310 e. The van der Waals surface area contributed by atoms with Gasteiger partial charge < -0.3 is 5.32 Å². The van der Waals surface area contributed by atoms with E-state index in [1.165, 1.54) is 38.5 Å². The molecule has 180 valence electrons. The normalized spacial score (nSPS) is 23.7. The highest BCUT2D eigenvalue weighted by Crippen LogP contribution is 2.31. The number of Topliss-reactive ketones (excluding diaryl/α,β-unsaturated/α-hetero) is 1. The summed E-state index contributed by atoms with van der Waals surface area (Å²) in [5.41, 5.74) is 1.85. The van der Waals surface area contributed by atoms with Gasteiger partial charge in [0, 0.05) is 19.0 Å². The summed E-state index contributed by atoms with van der Waals surface area (Å²) in [7, 11) is -3.46. The van der Waals surface area contributed by atoms with Crippen LogP contribution in [0.1, 0.15) is 95.6 Å². The zero-order chi connectivity index (χ0) is 23.0. The molecular weight excluding hydrogens is 418 g/mol. The Morgan fingerprint density at radius 2 is 1.62 bits per heavy atom. The van der Waals surface area contributed by atoms with Gasteiger partial charge in [-0.3, -0.25) is 4.79 Å². The smallest absolute Gasteiger partial charge is 0.161 e. The molecular formula is C27H43NO3S. The van der Waals surface area contributed by atoms with Crippen molar-refractivity contribution in [3.63, 3.8) is 0 Å². The van der Waals surface area contributed by atoms with Gasteiger partial charge in [0.05, 0.1) is 5.75 Å². The molecule has 1 atom stereocenters. The van der Waals surface area contributed by atoms with E-state index in [1.54, 1.807) is 0 Å². The van der Waals surface area contributed by atoms with Crippen LogP contribution in [0.15, 0.2) is 24.3 Å². The highest BCUT2D eigenvalue weighted by Gasteiger charge is 2.24. The molecule has 2 aliphatic rings. The first kappa shape index (κ1) is 25.4. The molecule has 3 rings (SSSR count). The Morgan fingerprint density at radius 1 is 0.969 bits per heavy atom. The molecule has 1 aromatic carbocycles. The number of hydrogen-bond acceptors (Lipinski definition) is 4. The molecule has 1 aromatic rings. The van der Waals surface area contributed by atoms with Gasteiger partial charge in [-0.2, -0.15) is 0 Å². The van der Waals surface area contributed by atoms with E-state index in [0.29, 0.717) is 24.9 Å². The standard InChI is InChI=1S/C27H43NO3S/c1-21-12-14-24(15-13-21)17-27(29)20-32(30,31)19-26-11-7-6-10-25(26)18-28-22(2)16-23-8-4-3-5-9-23/h6-7,10-11,21-24,28H,3-5,8-9,12-20H2,1-2H3. The van der Waals surface area contributed by atoms with Crippen LogP contribution in [0, 0.1) is 17.8 Å². The molecule has 1 unspecified atom stereocenters. The van der Waals surface area contributed by atoms with Crippen LogP contribution in [-0.2, 0) is 26.9 Å². The Morgan fingerprint density at radius 3 is 2.31 bits per heavy atom. The molecule has 0 amide bonds. The van der Waals surface area contributed by atoms with E-state index in [9.17, 15) is 13.2 Å². The number of carbonyl (C=O) groups is 1. The lowest BCUT2D eigenvalue weighted by Crippen LogP contribution is -2.29. The van der Waals surface area contributed by atoms with E-state index in [4.69, 9.17) is 0 Å². The number of hydrogen-bond donors (Lipinski definition) is 1. The molecule has 0 aromatic heterocycles. The van der Waals surface area contributed by atoms with Crippen molar-refractivity contribution in [2.75, 3.05) is 5.75 Å². The van der Waals surface area contributed by atoms with Crippen molar-refractivity contribution in [1.29, 1.82) is 0 Å². The molecule has 0 spiro atoms. The van der Waals surface area contributed by atoms with Crippen molar-refractivity contribution in [2.24, 2.45) is 17.8 Å². The van der Waals surface area contributed by atoms with Crippen molar-refractivity contribution in [3.05, 3.63) is 35.4 Å². The van der Waals surface area contributed by atoms with Crippen LogP contribution in [0.2, 0.25) is 0 Å². The number of carbonyl (C=O) groups excluding carboxylic acids is 1. The molecule has 0 radical (unpaired) electrons. The predicted molar refractivity (Wildman–Crippen MR) is 132 cm³/mol. The monoisotopic (exact) mass is 461 g/mol. The summed E-state index contributed by atoms with van der Waals surface area (Å²) in [6, 6.07) is 8.19. The third-order valence-corrected chi connectivity index (χ3v) is 9.09. The lowest BCUT2D eigenvalue weighted by atomic mass is 9.81. The zero-order valence-corrected chi connectivity index (χ0v) is 21.0. The van der Waals surface area contributed by atoms with Gasteiger partial charge in [-0.05, 0) is 55.1 Å². The Kier molecular flexibility index (Phi) is 9.78. The topological polar surface area (TPSA) is 63.2 Å². The van der Waals surface area contributed by atoms with Gasteiger partial charge in [-0.15, -0.1) is 0 Å². The SMILES string of the molecule is CC1CCC(CC(=O)CS(=O)(=O)Cc2ccccc2CNC(C)CC2CCCCC2)CC1. The molecule has 1 N–H and O–H groups in total. The maximum Gasteiger partial charge on any atom is 0.161 e. The number of rotatable bonds is 11. The van der Waals surface area contributed by atoms with Gasteiger partial charge in [0.15, 0.2) is 9.84 Å². The van der Waals surface area contributed by atoms with Crippen molar-refractivity contribution < 1.29 is 13.2 Å². The second kappa shape index (κ2) is 12.3. The molecule has 0 aliphatic heterocycles. The number of nitrogens with one attached hydrogen (secondary N) is 1. The van der Waals surface area contributed by atoms with Gasteiger partial charge in [-0.1, -0.05) is 76.1 Å². The summed E-state index contributed by atoms with van der Waals surface area (Å²) < 4.78 is 25.6. The van der Waals surface area contributed by atoms with E-state index >= 15 is 0 Å². The van der Waals surface area contributed by atoms with Crippen molar-refractivity contribution in [1.82, 2.24) is 5.32 Å². The summed E-state index contributed by atoms with van der Waals surface area (Å²) >= 11 is 0. The maximum atomic E-state index is 12.8. The number of benzene rings is 1. The molecule has 2 aliphatic carbocycles. The number of sulfone groups is 1. The summed E-state index contributed by atoms with van der Waals surface area (Å²) in [5, 5.41) is 3.61. The average molecular weight is 462 g/mol. The fourth-order valence-electron chi connectivity index (χ4n) is 5.61. The quantitative estimate of drug-likeness (QED) is 0.450. The molecule has 4 nitrogen and oxygen atoms in total. The van der Waals surface area contributed by atoms with Crippen LogP contribution in [0.3, 0.4) is 0 Å². The van der Waals surface area contributed by atoms with Crippen LogP contribution in [0.5, 0.6) is 0 Å². The third-order valence-electron chi connectivity index (χ3n) is 7.58. The second-order valence-corrected chi connectivity index (χ2v) is 12.8. The minimum absolute atomic E-state index is 0.0463. The predicted octanol–water partition coefficient (Wildman–Crippen LogP) is 5.84. The number of ketones is 1. The van der Waals surface area contributed by atoms with Gasteiger partial charge in [0.1, 0.15) is 11.5 Å². The fraction of sp³-hybridized carbons (Fsp3) is 0.741. The lowest BCUT2D eigenvalue weighted by molar-refractivity contribution is -0.117. The van der Waals surface area contributed by atoms with Crippen molar-refractivity contribution in [3.8, 4) is 0 Å². The Bertz CT molecular complexity index is 821. The second-order valence-electron chi connectivity index (χ2n) is 10.7. The van der Waals surface area contributed by atoms with Crippen LogP contribution >= 0.6 is 0 Å². The Balaban J connectivity index is 1.49. The minimum atomic E-state index is -3.46. The molecule has 32 heavy (non-hydrogen) atoms. The van der Waals surface area contributed by atoms with Crippen LogP contribution < -0.4 is 5.32 Å². The molecule has 0 heterocycles. The summed E-state index contributed by atoms with van der Waals surface area (Å²) in [6.45, 7) is 5.16. The lowest BCUT2D eigenvalue weighted by Gasteiger charge is -2.25. The third kappa shape index (κ3) is 8.62. The van der Waals surface area contributed by atoms with E-state index in [-0.39, 0.29) is 17.3 Å². The fourth-order valence-corrected chi connectivity index (χ4v) is 7.07. The summed E-state index contributed by atoms with van der Waals surface area (Å²) in [4.78, 5) is 12.5. The first-order chi connectivity index (χ1) is 15.3. The molecule has 2 saturated carbocycles. The van der Waals surface area contributed by atoms with Crippen molar-refractivity contribution >= 4 is 15.6 Å². The summed E-state index contributed by atoms with van der Waals surface area (Å²) in [5.74, 6) is 1.45. The molecule has 2 fully saturated rings. The Labute approximate surface area is 195 Å². The van der Waals surface area contributed by atoms with E-state index in [0.717, 1.165) is 48.6 Å². The highest BCUT2D eigenvalue weighted by molar-refractivity contribution is 7.91. The van der Waals surface area contributed by atoms with E-state index in [2.05, 4.69) is 19.2 Å². The van der Waals surface area contributed by atoms with Gasteiger partial charge in [0.25, 0.3) is 0 Å². The highest BCUT2D eigenvalue weighted by atomic mass is 32.2. The Hall–Kier alpha value is -1.20. The maximum absolute atomic E-state index is 12.8. The van der Waals surface area contributed by atoms with Gasteiger partial charge >= 0.3 is 0 Å². The first-order valence-corrected chi connectivity index (χ1v) is 14.6. The van der Waals surface area contributed by atoms with Gasteiger partial charge in [0.2, 0.25) is 0 Å². The average Bonchev–Trinajstić information content (AvgIpc) is 2.75. The van der Waals surface area contributed by atoms with E-state index < -0.39 is 9.84 Å².